The highest BCUT2D eigenvalue weighted by atomic mass is 16.1. The van der Waals surface area contributed by atoms with E-state index in [0.717, 1.165) is 16.8 Å². The molecule has 4 heteroatoms. The number of benzene rings is 1. The van der Waals surface area contributed by atoms with Crippen molar-refractivity contribution in [2.45, 2.75) is 13.0 Å². The van der Waals surface area contributed by atoms with E-state index in [1.54, 1.807) is 6.20 Å². The van der Waals surface area contributed by atoms with Gasteiger partial charge in [-0.1, -0.05) is 36.1 Å². The molecule has 0 aliphatic heterocycles. The van der Waals surface area contributed by atoms with Gasteiger partial charge in [-0.05, 0) is 23.8 Å². The molecule has 4 nitrogen and oxygen atoms in total. The average Bonchev–Trinajstić information content (AvgIpc) is 2.52. The summed E-state index contributed by atoms with van der Waals surface area (Å²) in [6.07, 6.45) is 1.96. The third-order valence-corrected chi connectivity index (χ3v) is 2.89. The van der Waals surface area contributed by atoms with E-state index < -0.39 is 0 Å². The van der Waals surface area contributed by atoms with Crippen molar-refractivity contribution in [1.82, 2.24) is 10.3 Å². The molecule has 0 bridgehead atoms. The zero-order valence-electron chi connectivity index (χ0n) is 11.7. The number of nitrogens with zero attached hydrogens (tertiary/aromatic N) is 1. The molecule has 0 spiro atoms. The summed E-state index contributed by atoms with van der Waals surface area (Å²) < 4.78 is 0. The van der Waals surface area contributed by atoms with Crippen molar-refractivity contribution < 1.29 is 4.79 Å². The van der Waals surface area contributed by atoms with Gasteiger partial charge in [-0.3, -0.25) is 9.78 Å². The van der Waals surface area contributed by atoms with Gasteiger partial charge in [0.2, 0.25) is 5.91 Å². The van der Waals surface area contributed by atoms with Crippen molar-refractivity contribution in [3.8, 4) is 11.8 Å². The monoisotopic (exact) mass is 279 g/mol. The average molecular weight is 279 g/mol. The predicted molar refractivity (Wildman–Crippen MR) is 82.2 cm³/mol. The molecule has 21 heavy (non-hydrogen) atoms. The fourth-order valence-corrected chi connectivity index (χ4v) is 1.87. The zero-order valence-corrected chi connectivity index (χ0v) is 11.7. The van der Waals surface area contributed by atoms with Gasteiger partial charge in [-0.25, -0.2) is 0 Å². The minimum Gasteiger partial charge on any atom is -0.352 e. The van der Waals surface area contributed by atoms with E-state index in [1.807, 2.05) is 42.5 Å². The van der Waals surface area contributed by atoms with Crippen LogP contribution >= 0.6 is 0 Å². The van der Waals surface area contributed by atoms with Gasteiger partial charge in [0, 0.05) is 24.0 Å². The Hall–Kier alpha value is -2.64. The molecule has 1 amide bonds. The maximum atomic E-state index is 11.9. The topological polar surface area (TPSA) is 68.0 Å². The quantitative estimate of drug-likeness (QED) is 0.828. The first-order valence-electron chi connectivity index (χ1n) is 6.73. The Balaban J connectivity index is 1.95. The molecule has 0 aliphatic rings. The Bertz CT molecular complexity index is 656. The summed E-state index contributed by atoms with van der Waals surface area (Å²) in [5.41, 5.74) is 8.01. The molecule has 0 unspecified atom stereocenters. The van der Waals surface area contributed by atoms with Crippen LogP contribution in [0.2, 0.25) is 0 Å². The van der Waals surface area contributed by atoms with E-state index in [0.29, 0.717) is 13.1 Å². The first-order valence-corrected chi connectivity index (χ1v) is 6.73. The summed E-state index contributed by atoms with van der Waals surface area (Å²) in [4.78, 5) is 16.0. The summed E-state index contributed by atoms with van der Waals surface area (Å²) in [7, 11) is 0. The predicted octanol–water partition coefficient (Wildman–Crippen LogP) is 1.25. The summed E-state index contributed by atoms with van der Waals surface area (Å²) >= 11 is 0. The van der Waals surface area contributed by atoms with Crippen molar-refractivity contribution in [3.63, 3.8) is 0 Å². The van der Waals surface area contributed by atoms with Crippen molar-refractivity contribution in [1.29, 1.82) is 0 Å². The molecule has 2 rings (SSSR count). The first kappa shape index (κ1) is 14.8. The molecule has 1 heterocycles. The number of nitrogens with two attached hydrogens (primary N) is 1. The van der Waals surface area contributed by atoms with Gasteiger partial charge < -0.3 is 11.1 Å². The number of rotatable bonds is 4. The molecule has 0 radical (unpaired) electrons. The van der Waals surface area contributed by atoms with E-state index in [-0.39, 0.29) is 12.3 Å². The van der Waals surface area contributed by atoms with E-state index in [4.69, 9.17) is 5.73 Å². The fourth-order valence-electron chi connectivity index (χ4n) is 1.87. The van der Waals surface area contributed by atoms with Crippen LogP contribution in [-0.2, 0) is 17.8 Å². The highest BCUT2D eigenvalue weighted by Gasteiger charge is 2.05. The smallest absolute Gasteiger partial charge is 0.226 e. The number of nitrogens with one attached hydrogen (secondary N) is 1. The van der Waals surface area contributed by atoms with Crippen LogP contribution in [0.25, 0.3) is 0 Å². The van der Waals surface area contributed by atoms with Gasteiger partial charge >= 0.3 is 0 Å². The second-order valence-electron chi connectivity index (χ2n) is 4.44. The van der Waals surface area contributed by atoms with Gasteiger partial charge in [-0.15, -0.1) is 0 Å². The molecule has 3 N–H and O–H groups in total. The lowest BCUT2D eigenvalue weighted by atomic mass is 10.1. The third-order valence-electron chi connectivity index (χ3n) is 2.89. The number of pyridine rings is 1. The number of carbonyl (C=O) groups excluding carboxylic acids is 1. The number of amides is 1. The summed E-state index contributed by atoms with van der Waals surface area (Å²) in [5, 5.41) is 2.89. The van der Waals surface area contributed by atoms with Crippen molar-refractivity contribution in [2.24, 2.45) is 5.73 Å². The van der Waals surface area contributed by atoms with Gasteiger partial charge in [0.05, 0.1) is 13.0 Å². The fraction of sp³-hybridized carbons (Fsp3) is 0.176. The molecule has 0 atom stereocenters. The molecule has 2 aromatic rings. The molecule has 1 aromatic heterocycles. The zero-order chi connectivity index (χ0) is 14.9. The molecule has 1 aromatic carbocycles. The number of aromatic nitrogens is 1. The van der Waals surface area contributed by atoms with Crippen LogP contribution in [0.3, 0.4) is 0 Å². The lowest BCUT2D eigenvalue weighted by Crippen LogP contribution is -2.25. The molecule has 0 saturated heterocycles. The maximum absolute atomic E-state index is 11.9. The van der Waals surface area contributed by atoms with E-state index in [1.165, 1.54) is 0 Å². The van der Waals surface area contributed by atoms with Crippen LogP contribution in [0.1, 0.15) is 16.8 Å². The molecule has 0 aliphatic carbocycles. The lowest BCUT2D eigenvalue weighted by molar-refractivity contribution is -0.120. The summed E-state index contributed by atoms with van der Waals surface area (Å²) in [5.74, 6) is 5.78. The number of hydrogen-bond donors (Lipinski definition) is 2. The molecule has 0 fully saturated rings. The van der Waals surface area contributed by atoms with Crippen LogP contribution in [-0.4, -0.2) is 17.4 Å². The second kappa shape index (κ2) is 7.83. The van der Waals surface area contributed by atoms with Gasteiger partial charge in [0.25, 0.3) is 0 Å². The Morgan fingerprint density at radius 3 is 2.76 bits per heavy atom. The lowest BCUT2D eigenvalue weighted by Gasteiger charge is -2.07. The van der Waals surface area contributed by atoms with Gasteiger partial charge in [-0.2, -0.15) is 0 Å². The van der Waals surface area contributed by atoms with Crippen LogP contribution < -0.4 is 11.1 Å². The van der Waals surface area contributed by atoms with Crippen LogP contribution in [0.15, 0.2) is 48.7 Å². The minimum atomic E-state index is -0.0599. The summed E-state index contributed by atoms with van der Waals surface area (Å²) in [6.45, 7) is 0.765. The highest BCUT2D eigenvalue weighted by molar-refractivity contribution is 5.78. The second-order valence-corrected chi connectivity index (χ2v) is 4.44. The molecular formula is C17H17N3O. The first-order chi connectivity index (χ1) is 10.3. The van der Waals surface area contributed by atoms with Crippen molar-refractivity contribution in [3.05, 3.63) is 65.5 Å². The minimum absolute atomic E-state index is 0.0599. The largest absolute Gasteiger partial charge is 0.352 e. The van der Waals surface area contributed by atoms with Gasteiger partial charge in [0.15, 0.2) is 0 Å². The van der Waals surface area contributed by atoms with Crippen molar-refractivity contribution in [2.75, 3.05) is 6.54 Å². The molecular weight excluding hydrogens is 262 g/mol. The Morgan fingerprint density at radius 1 is 1.19 bits per heavy atom. The summed E-state index contributed by atoms with van der Waals surface area (Å²) in [6, 6.07) is 13.2. The Morgan fingerprint density at radius 2 is 2.00 bits per heavy atom. The standard InChI is InChI=1S/C17H17N3O/c18-10-5-8-14-6-1-2-7-15(14)13-20-17(21)12-16-9-3-4-11-19-16/h1-4,6-7,9,11H,10,12-13,18H2,(H,20,21). The van der Waals surface area contributed by atoms with E-state index >= 15 is 0 Å². The van der Waals surface area contributed by atoms with Gasteiger partial charge in [0.1, 0.15) is 0 Å². The Kier molecular flexibility index (Phi) is 5.50. The normalized spacial score (nSPS) is 9.57. The molecule has 0 saturated carbocycles. The number of carbonyl (C=O) groups is 1. The Labute approximate surface area is 124 Å². The number of hydrogen-bond acceptors (Lipinski definition) is 3. The van der Waals surface area contributed by atoms with Crippen LogP contribution in [0, 0.1) is 11.8 Å². The highest BCUT2D eigenvalue weighted by Crippen LogP contribution is 2.07. The van der Waals surface area contributed by atoms with E-state index in [9.17, 15) is 4.79 Å². The third kappa shape index (κ3) is 4.75. The maximum Gasteiger partial charge on any atom is 0.226 e. The van der Waals surface area contributed by atoms with Crippen LogP contribution in [0.4, 0.5) is 0 Å². The SMILES string of the molecule is NCC#Cc1ccccc1CNC(=O)Cc1ccccn1. The van der Waals surface area contributed by atoms with Crippen molar-refractivity contribution >= 4 is 5.91 Å². The van der Waals surface area contributed by atoms with Crippen LogP contribution in [0.5, 0.6) is 0 Å². The molecule has 106 valence electrons. The van der Waals surface area contributed by atoms with E-state index in [2.05, 4.69) is 22.1 Å².